The molecular weight excluding hydrogens is 292 g/mol. The fourth-order valence-electron chi connectivity index (χ4n) is 2.82. The van der Waals surface area contributed by atoms with E-state index >= 15 is 0 Å². The number of hydrogen-bond donors (Lipinski definition) is 0. The number of unbranched alkanes of at least 4 members (excludes halogenated alkanes) is 3. The zero-order chi connectivity index (χ0) is 15.4. The van der Waals surface area contributed by atoms with Crippen molar-refractivity contribution in [1.82, 2.24) is 0 Å². The van der Waals surface area contributed by atoms with Gasteiger partial charge in [-0.1, -0.05) is 40.0 Å². The summed E-state index contributed by atoms with van der Waals surface area (Å²) >= 11 is 3.94. The van der Waals surface area contributed by atoms with E-state index in [1.807, 2.05) is 22.7 Å². The van der Waals surface area contributed by atoms with Crippen LogP contribution in [-0.2, 0) is 6.42 Å². The first-order chi connectivity index (χ1) is 10.0. The maximum atomic E-state index is 2.45. The van der Waals surface area contributed by atoms with E-state index in [0.29, 0.717) is 5.92 Å². The predicted molar refractivity (Wildman–Crippen MR) is 99.0 cm³/mol. The summed E-state index contributed by atoms with van der Waals surface area (Å²) in [4.78, 5) is 5.93. The fraction of sp³-hybridized carbons (Fsp3) is 0.579. The molecule has 2 aromatic heterocycles. The summed E-state index contributed by atoms with van der Waals surface area (Å²) in [5.74, 6) is 0.629. The van der Waals surface area contributed by atoms with Crippen molar-refractivity contribution < 1.29 is 0 Å². The highest BCUT2D eigenvalue weighted by Crippen LogP contribution is 2.39. The van der Waals surface area contributed by atoms with Crippen LogP contribution in [0.3, 0.4) is 0 Å². The molecule has 0 amide bonds. The van der Waals surface area contributed by atoms with E-state index in [-0.39, 0.29) is 0 Å². The van der Waals surface area contributed by atoms with E-state index in [2.05, 4.69) is 46.8 Å². The Hall–Kier alpha value is -0.600. The number of aryl methyl sites for hydroxylation is 3. The quantitative estimate of drug-likeness (QED) is 0.468. The van der Waals surface area contributed by atoms with Gasteiger partial charge < -0.3 is 0 Å². The van der Waals surface area contributed by atoms with E-state index in [4.69, 9.17) is 0 Å². The van der Waals surface area contributed by atoms with Crippen molar-refractivity contribution in [3.05, 3.63) is 33.0 Å². The third kappa shape index (κ3) is 4.20. The molecule has 2 heteroatoms. The molecule has 2 rings (SSSR count). The molecule has 0 spiro atoms. The summed E-state index contributed by atoms with van der Waals surface area (Å²) in [5, 5.41) is 0. The number of rotatable bonds is 7. The predicted octanol–water partition coefficient (Wildman–Crippen LogP) is 7.34. The maximum Gasteiger partial charge on any atom is 0.0448 e. The molecule has 0 N–H and O–H groups in total. The van der Waals surface area contributed by atoms with Crippen molar-refractivity contribution in [2.75, 3.05) is 0 Å². The lowest BCUT2D eigenvalue weighted by atomic mass is 10.0. The molecule has 2 aromatic rings. The van der Waals surface area contributed by atoms with E-state index in [1.165, 1.54) is 57.2 Å². The van der Waals surface area contributed by atoms with E-state index in [9.17, 15) is 0 Å². The molecule has 0 atom stereocenters. The summed E-state index contributed by atoms with van der Waals surface area (Å²) in [5.41, 5.74) is 3.09. The smallest absolute Gasteiger partial charge is 0.0448 e. The van der Waals surface area contributed by atoms with Crippen molar-refractivity contribution in [2.45, 2.75) is 72.6 Å². The van der Waals surface area contributed by atoms with Crippen LogP contribution in [0.25, 0.3) is 9.75 Å². The number of hydrogen-bond acceptors (Lipinski definition) is 2. The summed E-state index contributed by atoms with van der Waals surface area (Å²) in [6.07, 6.45) is 6.66. The highest BCUT2D eigenvalue weighted by Gasteiger charge is 2.13. The van der Waals surface area contributed by atoms with Crippen molar-refractivity contribution >= 4 is 22.7 Å². The first-order valence-electron chi connectivity index (χ1n) is 8.23. The lowest BCUT2D eigenvalue weighted by Gasteiger charge is -2.01. The first-order valence-corrected chi connectivity index (χ1v) is 9.86. The van der Waals surface area contributed by atoms with Gasteiger partial charge in [0.1, 0.15) is 0 Å². The second-order valence-electron chi connectivity index (χ2n) is 6.28. The van der Waals surface area contributed by atoms with Gasteiger partial charge in [0, 0.05) is 19.5 Å². The molecule has 0 aliphatic heterocycles. The van der Waals surface area contributed by atoms with Crippen molar-refractivity contribution in [2.24, 2.45) is 0 Å². The highest BCUT2D eigenvalue weighted by molar-refractivity contribution is 7.22. The first kappa shape index (κ1) is 16.8. The molecule has 0 saturated heterocycles. The van der Waals surface area contributed by atoms with Gasteiger partial charge in [0.25, 0.3) is 0 Å². The minimum Gasteiger partial charge on any atom is -0.139 e. The second kappa shape index (κ2) is 7.60. The average molecular weight is 321 g/mol. The molecule has 0 aliphatic rings. The Morgan fingerprint density at radius 2 is 1.57 bits per heavy atom. The van der Waals surface area contributed by atoms with Crippen molar-refractivity contribution in [3.63, 3.8) is 0 Å². The molecule has 0 aromatic carbocycles. The third-order valence-electron chi connectivity index (χ3n) is 4.14. The van der Waals surface area contributed by atoms with Crippen LogP contribution in [0.4, 0.5) is 0 Å². The highest BCUT2D eigenvalue weighted by atomic mass is 32.1. The van der Waals surface area contributed by atoms with Crippen LogP contribution in [0.15, 0.2) is 12.1 Å². The number of thiophene rings is 2. The molecule has 0 unspecified atom stereocenters. The fourth-order valence-corrected chi connectivity index (χ4v) is 5.14. The Bertz CT molecular complexity index is 572. The minimum absolute atomic E-state index is 0.629. The van der Waals surface area contributed by atoms with Gasteiger partial charge in [-0.15, -0.1) is 22.7 Å². The standard InChI is InChI=1S/C19H28S2/c1-6-7-8-9-10-16-11-18(20-14(16)4)19-12-17(13(2)3)15(5)21-19/h11-13H,6-10H2,1-5H3. The third-order valence-corrected chi connectivity index (χ3v) is 6.50. The largest absolute Gasteiger partial charge is 0.139 e. The van der Waals surface area contributed by atoms with Crippen LogP contribution < -0.4 is 0 Å². The molecule has 0 bridgehead atoms. The lowest BCUT2D eigenvalue weighted by Crippen LogP contribution is -1.85. The Morgan fingerprint density at radius 1 is 0.905 bits per heavy atom. The summed E-state index contributed by atoms with van der Waals surface area (Å²) in [7, 11) is 0. The van der Waals surface area contributed by atoms with Gasteiger partial charge in [0.05, 0.1) is 0 Å². The lowest BCUT2D eigenvalue weighted by molar-refractivity contribution is 0.666. The normalized spacial score (nSPS) is 11.5. The van der Waals surface area contributed by atoms with Gasteiger partial charge in [-0.3, -0.25) is 0 Å². The average Bonchev–Trinajstić information content (AvgIpc) is 2.98. The van der Waals surface area contributed by atoms with Crippen LogP contribution in [-0.4, -0.2) is 0 Å². The van der Waals surface area contributed by atoms with Crippen molar-refractivity contribution in [3.8, 4) is 9.75 Å². The molecule has 21 heavy (non-hydrogen) atoms. The van der Waals surface area contributed by atoms with E-state index in [1.54, 1.807) is 5.56 Å². The zero-order valence-electron chi connectivity index (χ0n) is 14.1. The molecule has 2 heterocycles. The van der Waals surface area contributed by atoms with Crippen molar-refractivity contribution in [1.29, 1.82) is 0 Å². The zero-order valence-corrected chi connectivity index (χ0v) is 15.7. The van der Waals surface area contributed by atoms with E-state index in [0.717, 1.165) is 0 Å². The van der Waals surface area contributed by atoms with Gasteiger partial charge in [-0.05, 0) is 55.9 Å². The summed E-state index contributed by atoms with van der Waals surface area (Å²) in [6.45, 7) is 11.4. The molecule has 0 aliphatic carbocycles. The maximum absolute atomic E-state index is 2.45. The second-order valence-corrected chi connectivity index (χ2v) is 8.79. The summed E-state index contributed by atoms with van der Waals surface area (Å²) < 4.78 is 0. The minimum atomic E-state index is 0.629. The monoisotopic (exact) mass is 320 g/mol. The van der Waals surface area contributed by atoms with Gasteiger partial charge in [-0.25, -0.2) is 0 Å². The van der Waals surface area contributed by atoms with Crippen LogP contribution >= 0.6 is 22.7 Å². The Balaban J connectivity index is 2.12. The molecular formula is C19H28S2. The molecule has 116 valence electrons. The molecule has 0 fully saturated rings. The Labute approximate surface area is 138 Å². The van der Waals surface area contributed by atoms with E-state index < -0.39 is 0 Å². The molecule has 0 nitrogen and oxygen atoms in total. The SMILES string of the molecule is CCCCCCc1cc(-c2cc(C(C)C)c(C)s2)sc1C. The van der Waals surface area contributed by atoms with Gasteiger partial charge in [-0.2, -0.15) is 0 Å². The van der Waals surface area contributed by atoms with Gasteiger partial charge in [0.2, 0.25) is 0 Å². The Kier molecular flexibility index (Phi) is 6.07. The van der Waals surface area contributed by atoms with Crippen LogP contribution in [0.1, 0.15) is 73.3 Å². The van der Waals surface area contributed by atoms with Crippen LogP contribution in [0, 0.1) is 13.8 Å². The summed E-state index contributed by atoms with van der Waals surface area (Å²) in [6, 6.07) is 4.86. The van der Waals surface area contributed by atoms with Gasteiger partial charge >= 0.3 is 0 Å². The topological polar surface area (TPSA) is 0 Å². The van der Waals surface area contributed by atoms with Gasteiger partial charge in [0.15, 0.2) is 0 Å². The molecule has 0 radical (unpaired) electrons. The van der Waals surface area contributed by atoms with Crippen LogP contribution in [0.2, 0.25) is 0 Å². The Morgan fingerprint density at radius 3 is 2.19 bits per heavy atom. The van der Waals surface area contributed by atoms with Crippen LogP contribution in [0.5, 0.6) is 0 Å². The molecule has 0 saturated carbocycles.